The molecular formula is C6H10N3OP. The van der Waals surface area contributed by atoms with Crippen molar-refractivity contribution in [3.8, 4) is 0 Å². The van der Waals surface area contributed by atoms with Crippen molar-refractivity contribution in [2.24, 2.45) is 5.73 Å². The molecule has 1 rings (SSSR count). The maximum absolute atomic E-state index is 10.2. The van der Waals surface area contributed by atoms with Gasteiger partial charge in [0.25, 0.3) is 0 Å². The summed E-state index contributed by atoms with van der Waals surface area (Å²) in [7, 11) is 2.45. The lowest BCUT2D eigenvalue weighted by Gasteiger charge is -1.97. The molecule has 0 spiro atoms. The first-order valence-corrected chi connectivity index (χ1v) is 3.73. The molecule has 11 heavy (non-hydrogen) atoms. The van der Waals surface area contributed by atoms with Crippen molar-refractivity contribution in [3.05, 3.63) is 18.2 Å². The molecule has 5 heteroatoms. The van der Waals surface area contributed by atoms with Gasteiger partial charge >= 0.3 is 0 Å². The Labute approximate surface area is 67.1 Å². The van der Waals surface area contributed by atoms with Gasteiger partial charge in [0.05, 0.1) is 18.1 Å². The molecule has 0 aliphatic heterocycles. The van der Waals surface area contributed by atoms with Crippen molar-refractivity contribution < 1.29 is 4.79 Å². The lowest BCUT2D eigenvalue weighted by Crippen LogP contribution is -2.24. The topological polar surface area (TPSA) is 60.9 Å². The molecule has 4 nitrogen and oxygen atoms in total. The van der Waals surface area contributed by atoms with Crippen LogP contribution in [0.25, 0.3) is 0 Å². The number of aldehydes is 1. The zero-order valence-electron chi connectivity index (χ0n) is 5.97. The van der Waals surface area contributed by atoms with Gasteiger partial charge in [-0.2, -0.15) is 0 Å². The van der Waals surface area contributed by atoms with Crippen LogP contribution in [0.4, 0.5) is 0 Å². The first-order chi connectivity index (χ1) is 5.22. The SMILES string of the molecule is NC(C=O)Cc1cn(P)cn1. The van der Waals surface area contributed by atoms with E-state index >= 15 is 0 Å². The number of rotatable bonds is 3. The van der Waals surface area contributed by atoms with Gasteiger partial charge in [-0.1, -0.05) is 0 Å². The Morgan fingerprint density at radius 1 is 1.91 bits per heavy atom. The van der Waals surface area contributed by atoms with E-state index in [1.807, 2.05) is 6.20 Å². The summed E-state index contributed by atoms with van der Waals surface area (Å²) < 4.78 is 1.74. The third-order valence-corrected chi connectivity index (χ3v) is 1.56. The minimum absolute atomic E-state index is 0.435. The van der Waals surface area contributed by atoms with Crippen molar-refractivity contribution in [1.82, 2.24) is 9.32 Å². The van der Waals surface area contributed by atoms with E-state index in [9.17, 15) is 4.79 Å². The summed E-state index contributed by atoms with van der Waals surface area (Å²) in [5.74, 6) is 0. The summed E-state index contributed by atoms with van der Waals surface area (Å²) in [6, 6.07) is -0.435. The van der Waals surface area contributed by atoms with Gasteiger partial charge in [0.1, 0.15) is 6.29 Å². The predicted octanol–water partition coefficient (Wildman–Crippen LogP) is -0.410. The predicted molar refractivity (Wildman–Crippen MR) is 45.1 cm³/mol. The number of carbonyl (C=O) groups excluding carboxylic acids is 1. The minimum Gasteiger partial charge on any atom is -0.322 e. The number of hydrogen-bond acceptors (Lipinski definition) is 3. The van der Waals surface area contributed by atoms with Gasteiger partial charge in [-0.15, -0.1) is 0 Å². The zero-order valence-corrected chi connectivity index (χ0v) is 7.13. The molecule has 60 valence electrons. The molecule has 2 atom stereocenters. The number of nitrogens with two attached hydrogens (primary N) is 1. The van der Waals surface area contributed by atoms with E-state index < -0.39 is 6.04 Å². The Kier molecular flexibility index (Phi) is 2.74. The molecule has 0 saturated heterocycles. The van der Waals surface area contributed by atoms with Crippen LogP contribution in [0.2, 0.25) is 0 Å². The maximum Gasteiger partial charge on any atom is 0.137 e. The fraction of sp³-hybridized carbons (Fsp3) is 0.333. The zero-order chi connectivity index (χ0) is 8.27. The highest BCUT2D eigenvalue weighted by molar-refractivity contribution is 7.14. The van der Waals surface area contributed by atoms with E-state index in [0.29, 0.717) is 6.42 Å². The molecule has 0 aromatic carbocycles. The second kappa shape index (κ2) is 3.60. The van der Waals surface area contributed by atoms with E-state index in [0.717, 1.165) is 12.0 Å². The summed E-state index contributed by atoms with van der Waals surface area (Å²) in [5, 5.41) is 0. The van der Waals surface area contributed by atoms with E-state index in [2.05, 4.69) is 14.4 Å². The molecule has 0 aliphatic carbocycles. The molecule has 1 aromatic heterocycles. The molecular weight excluding hydrogens is 161 g/mol. The van der Waals surface area contributed by atoms with E-state index in [-0.39, 0.29) is 0 Å². The van der Waals surface area contributed by atoms with Crippen LogP contribution >= 0.6 is 9.39 Å². The van der Waals surface area contributed by atoms with Gasteiger partial charge in [0, 0.05) is 12.6 Å². The monoisotopic (exact) mass is 171 g/mol. The van der Waals surface area contributed by atoms with E-state index in [1.165, 1.54) is 0 Å². The Balaban J connectivity index is 2.57. The van der Waals surface area contributed by atoms with Crippen LogP contribution in [0.5, 0.6) is 0 Å². The van der Waals surface area contributed by atoms with Crippen molar-refractivity contribution in [2.75, 3.05) is 0 Å². The maximum atomic E-state index is 10.2. The summed E-state index contributed by atoms with van der Waals surface area (Å²) in [4.78, 5) is 14.2. The van der Waals surface area contributed by atoms with Crippen LogP contribution in [0.15, 0.2) is 12.5 Å². The second-order valence-electron chi connectivity index (χ2n) is 2.32. The van der Waals surface area contributed by atoms with E-state index in [4.69, 9.17) is 5.73 Å². The van der Waals surface area contributed by atoms with Crippen LogP contribution in [-0.4, -0.2) is 21.6 Å². The number of carbonyl (C=O) groups is 1. The molecule has 0 amide bonds. The number of aromatic nitrogens is 2. The largest absolute Gasteiger partial charge is 0.322 e. The van der Waals surface area contributed by atoms with Gasteiger partial charge in [-0.05, 0) is 9.39 Å². The van der Waals surface area contributed by atoms with Crippen LogP contribution in [-0.2, 0) is 11.2 Å². The summed E-state index contributed by atoms with van der Waals surface area (Å²) in [6.45, 7) is 0. The number of imidazole rings is 1. The average Bonchev–Trinajstić information content (AvgIpc) is 2.35. The summed E-state index contributed by atoms with van der Waals surface area (Å²) in [5.41, 5.74) is 6.22. The van der Waals surface area contributed by atoms with Crippen LogP contribution in [0.3, 0.4) is 0 Å². The Hall–Kier alpha value is -0.730. The molecule has 2 N–H and O–H groups in total. The molecule has 2 unspecified atom stereocenters. The van der Waals surface area contributed by atoms with Crippen LogP contribution < -0.4 is 5.73 Å². The number of nitrogens with zero attached hydrogens (tertiary/aromatic N) is 2. The van der Waals surface area contributed by atoms with Crippen molar-refractivity contribution >= 4 is 15.7 Å². The van der Waals surface area contributed by atoms with E-state index in [1.54, 1.807) is 10.7 Å². The number of hydrogen-bond donors (Lipinski definition) is 1. The fourth-order valence-corrected chi connectivity index (χ4v) is 1.01. The molecule has 1 aromatic rings. The highest BCUT2D eigenvalue weighted by Gasteiger charge is 2.03. The fourth-order valence-electron chi connectivity index (χ4n) is 0.775. The summed E-state index contributed by atoms with van der Waals surface area (Å²) in [6.07, 6.45) is 4.69. The average molecular weight is 171 g/mol. The minimum atomic E-state index is -0.435. The Morgan fingerprint density at radius 2 is 2.64 bits per heavy atom. The quantitative estimate of drug-likeness (QED) is 0.496. The molecule has 0 saturated carbocycles. The lowest BCUT2D eigenvalue weighted by atomic mass is 10.2. The van der Waals surface area contributed by atoms with Gasteiger partial charge in [-0.25, -0.2) is 4.98 Å². The summed E-state index contributed by atoms with van der Waals surface area (Å²) >= 11 is 0. The molecule has 0 bridgehead atoms. The van der Waals surface area contributed by atoms with Gasteiger partial charge in [0.15, 0.2) is 0 Å². The van der Waals surface area contributed by atoms with Gasteiger partial charge < -0.3 is 14.9 Å². The lowest BCUT2D eigenvalue weighted by molar-refractivity contribution is -0.108. The highest BCUT2D eigenvalue weighted by atomic mass is 31.0. The highest BCUT2D eigenvalue weighted by Crippen LogP contribution is 2.00. The molecule has 0 radical (unpaired) electrons. The first kappa shape index (κ1) is 8.37. The van der Waals surface area contributed by atoms with Crippen molar-refractivity contribution in [2.45, 2.75) is 12.5 Å². The molecule has 0 fully saturated rings. The normalized spacial score (nSPS) is 12.9. The second-order valence-corrected chi connectivity index (χ2v) is 2.91. The molecule has 0 aliphatic rings. The third kappa shape index (κ3) is 2.41. The van der Waals surface area contributed by atoms with Crippen LogP contribution in [0.1, 0.15) is 5.69 Å². The van der Waals surface area contributed by atoms with Crippen LogP contribution in [0, 0.1) is 0 Å². The van der Waals surface area contributed by atoms with Gasteiger partial charge in [-0.3, -0.25) is 0 Å². The van der Waals surface area contributed by atoms with Gasteiger partial charge in [0.2, 0.25) is 0 Å². The Bertz CT molecular complexity index is 248. The molecule has 1 heterocycles. The smallest absolute Gasteiger partial charge is 0.137 e. The third-order valence-electron chi connectivity index (χ3n) is 1.27. The van der Waals surface area contributed by atoms with Crippen molar-refractivity contribution in [3.63, 3.8) is 0 Å². The standard InChI is InChI=1S/C6H10N3OP/c7-5(3-10)1-6-2-9(11)4-8-6/h2-5H,1,7,11H2. The van der Waals surface area contributed by atoms with Crippen molar-refractivity contribution in [1.29, 1.82) is 0 Å². The Morgan fingerprint density at radius 3 is 3.09 bits per heavy atom. The first-order valence-electron chi connectivity index (χ1n) is 3.21.